The third-order valence-electron chi connectivity index (χ3n) is 2.60. The van der Waals surface area contributed by atoms with Gasteiger partial charge in [-0.3, -0.25) is 4.79 Å². The molecule has 1 aromatic rings. The van der Waals surface area contributed by atoms with Crippen molar-refractivity contribution in [3.05, 3.63) is 46.9 Å². The van der Waals surface area contributed by atoms with Gasteiger partial charge in [0.05, 0.1) is 0 Å². The third kappa shape index (κ3) is 2.96. The average molecular weight is 218 g/mol. The second-order valence-electron chi connectivity index (χ2n) is 3.72. The second kappa shape index (κ2) is 5.17. The van der Waals surface area contributed by atoms with Gasteiger partial charge in [-0.2, -0.15) is 0 Å². The Morgan fingerprint density at radius 2 is 2.13 bits per heavy atom. The van der Waals surface area contributed by atoms with E-state index in [1.807, 2.05) is 12.1 Å². The highest BCUT2D eigenvalue weighted by molar-refractivity contribution is 8.04. The van der Waals surface area contributed by atoms with Crippen molar-refractivity contribution in [2.75, 3.05) is 0 Å². The molecule has 15 heavy (non-hydrogen) atoms. The minimum atomic E-state index is 0.602. The van der Waals surface area contributed by atoms with Crippen LogP contribution in [0.4, 0.5) is 0 Å². The Morgan fingerprint density at radius 3 is 2.80 bits per heavy atom. The number of hydrogen-bond acceptors (Lipinski definition) is 2. The maximum atomic E-state index is 10.5. The fraction of sp³-hybridized carbons (Fsp3) is 0.308. The minimum absolute atomic E-state index is 0.602. The summed E-state index contributed by atoms with van der Waals surface area (Å²) in [5, 5.41) is 0.602. The largest absolute Gasteiger partial charge is 0.297 e. The van der Waals surface area contributed by atoms with Crippen molar-refractivity contribution < 1.29 is 4.79 Å². The Bertz CT molecular complexity index is 356. The van der Waals surface area contributed by atoms with Crippen molar-refractivity contribution in [2.24, 2.45) is 0 Å². The van der Waals surface area contributed by atoms with Crippen LogP contribution >= 0.6 is 11.8 Å². The lowest BCUT2D eigenvalue weighted by molar-refractivity contribution is -0.104. The van der Waals surface area contributed by atoms with E-state index in [0.717, 1.165) is 30.5 Å². The number of hydrogen-bond donors (Lipinski definition) is 0. The molecule has 78 valence electrons. The van der Waals surface area contributed by atoms with Crippen molar-refractivity contribution in [2.45, 2.75) is 24.5 Å². The Kier molecular flexibility index (Phi) is 3.62. The number of allylic oxidation sites excluding steroid dienone is 2. The molecule has 0 N–H and O–H groups in total. The molecule has 0 bridgehead atoms. The van der Waals surface area contributed by atoms with E-state index >= 15 is 0 Å². The van der Waals surface area contributed by atoms with Crippen LogP contribution in [0.1, 0.15) is 18.4 Å². The number of thioether (sulfide) groups is 1. The van der Waals surface area contributed by atoms with Crippen LogP contribution in [0.3, 0.4) is 0 Å². The van der Waals surface area contributed by atoms with Crippen molar-refractivity contribution in [3.63, 3.8) is 0 Å². The van der Waals surface area contributed by atoms with Crippen LogP contribution in [0.5, 0.6) is 0 Å². The molecule has 1 nitrogen and oxygen atoms in total. The topological polar surface area (TPSA) is 17.1 Å². The third-order valence-corrected chi connectivity index (χ3v) is 3.90. The predicted molar refractivity (Wildman–Crippen MR) is 64.9 cm³/mol. The molecule has 1 aliphatic heterocycles. The van der Waals surface area contributed by atoms with E-state index in [0.29, 0.717) is 5.25 Å². The van der Waals surface area contributed by atoms with Gasteiger partial charge in [0, 0.05) is 10.2 Å². The molecule has 1 aliphatic rings. The van der Waals surface area contributed by atoms with Crippen LogP contribution in [-0.4, -0.2) is 11.5 Å². The normalized spacial score (nSPS) is 20.0. The summed E-state index contributed by atoms with van der Waals surface area (Å²) in [6.45, 7) is 0. The Hall–Kier alpha value is -1.02. The van der Waals surface area contributed by atoms with Crippen molar-refractivity contribution >= 4 is 18.0 Å². The summed E-state index contributed by atoms with van der Waals surface area (Å²) >= 11 is 1.72. The number of carbonyl (C=O) groups excluding carboxylic acids is 1. The van der Waals surface area contributed by atoms with Gasteiger partial charge >= 0.3 is 0 Å². The Morgan fingerprint density at radius 1 is 1.33 bits per heavy atom. The zero-order chi connectivity index (χ0) is 10.5. The molecular weight excluding hydrogens is 204 g/mol. The number of rotatable bonds is 4. The lowest BCUT2D eigenvalue weighted by atomic mass is 10.1. The van der Waals surface area contributed by atoms with Gasteiger partial charge in [0.25, 0.3) is 0 Å². The molecule has 0 aliphatic carbocycles. The first-order valence-corrected chi connectivity index (χ1v) is 6.12. The van der Waals surface area contributed by atoms with Crippen LogP contribution in [0.25, 0.3) is 0 Å². The fourth-order valence-electron chi connectivity index (χ4n) is 1.76. The summed E-state index contributed by atoms with van der Waals surface area (Å²) in [4.78, 5) is 11.4. The van der Waals surface area contributed by atoms with Gasteiger partial charge in [-0.25, -0.2) is 0 Å². The average Bonchev–Trinajstić information content (AvgIpc) is 2.76. The molecule has 1 aromatic carbocycles. The smallest absolute Gasteiger partial charge is 0.156 e. The van der Waals surface area contributed by atoms with Gasteiger partial charge in [-0.15, -0.1) is 11.8 Å². The SMILES string of the molecule is O=CC1=CCC(CCc2ccccc2)S1. The quantitative estimate of drug-likeness (QED) is 0.722. The Balaban J connectivity index is 1.79. The fourth-order valence-corrected chi connectivity index (χ4v) is 2.82. The molecule has 0 amide bonds. The summed E-state index contributed by atoms with van der Waals surface area (Å²) in [5.74, 6) is 0. The number of aryl methyl sites for hydroxylation is 1. The van der Waals surface area contributed by atoms with Gasteiger partial charge in [-0.1, -0.05) is 36.4 Å². The van der Waals surface area contributed by atoms with E-state index < -0.39 is 0 Å². The van der Waals surface area contributed by atoms with Gasteiger partial charge in [0.15, 0.2) is 6.29 Å². The maximum absolute atomic E-state index is 10.5. The van der Waals surface area contributed by atoms with Gasteiger partial charge in [0.2, 0.25) is 0 Å². The molecule has 1 atom stereocenters. The molecule has 0 radical (unpaired) electrons. The van der Waals surface area contributed by atoms with E-state index in [4.69, 9.17) is 0 Å². The molecule has 0 aromatic heterocycles. The minimum Gasteiger partial charge on any atom is -0.297 e. The molecule has 2 heteroatoms. The summed E-state index contributed by atoms with van der Waals surface area (Å²) in [7, 11) is 0. The predicted octanol–water partition coefficient (Wildman–Crippen LogP) is 3.21. The van der Waals surface area contributed by atoms with Crippen molar-refractivity contribution in [1.29, 1.82) is 0 Å². The summed E-state index contributed by atoms with van der Waals surface area (Å²) in [6, 6.07) is 10.5. The standard InChI is InChI=1S/C13H14OS/c14-10-13-9-8-12(15-13)7-6-11-4-2-1-3-5-11/h1-5,9-10,12H,6-8H2. The van der Waals surface area contributed by atoms with E-state index in [9.17, 15) is 4.79 Å². The van der Waals surface area contributed by atoms with Crippen molar-refractivity contribution in [1.82, 2.24) is 0 Å². The Labute approximate surface area is 94.6 Å². The van der Waals surface area contributed by atoms with Crippen molar-refractivity contribution in [3.8, 4) is 0 Å². The van der Waals surface area contributed by atoms with Crippen LogP contribution in [0, 0.1) is 0 Å². The molecule has 0 fully saturated rings. The molecule has 0 saturated carbocycles. The molecule has 1 heterocycles. The van der Waals surface area contributed by atoms with Crippen LogP contribution in [0.15, 0.2) is 41.3 Å². The summed E-state index contributed by atoms with van der Waals surface area (Å²) in [6.07, 6.45) is 6.33. The zero-order valence-corrected chi connectivity index (χ0v) is 9.37. The first-order chi connectivity index (χ1) is 7.38. The van der Waals surface area contributed by atoms with E-state index in [1.54, 1.807) is 11.8 Å². The first-order valence-electron chi connectivity index (χ1n) is 5.24. The highest BCUT2D eigenvalue weighted by Crippen LogP contribution is 2.33. The summed E-state index contributed by atoms with van der Waals surface area (Å²) in [5.41, 5.74) is 1.39. The lowest BCUT2D eigenvalue weighted by Gasteiger charge is -2.08. The molecule has 2 rings (SSSR count). The molecule has 1 unspecified atom stereocenters. The molecule has 0 saturated heterocycles. The molecule has 0 spiro atoms. The second-order valence-corrected chi connectivity index (χ2v) is 5.10. The lowest BCUT2D eigenvalue weighted by Crippen LogP contribution is -1.99. The van der Waals surface area contributed by atoms with E-state index in [2.05, 4.69) is 24.3 Å². The van der Waals surface area contributed by atoms with Crippen LogP contribution in [0.2, 0.25) is 0 Å². The number of aldehydes is 1. The van der Waals surface area contributed by atoms with Gasteiger partial charge < -0.3 is 0 Å². The van der Waals surface area contributed by atoms with E-state index in [-0.39, 0.29) is 0 Å². The monoisotopic (exact) mass is 218 g/mol. The number of benzene rings is 1. The first kappa shape index (κ1) is 10.5. The van der Waals surface area contributed by atoms with Crippen LogP contribution in [-0.2, 0) is 11.2 Å². The highest BCUT2D eigenvalue weighted by atomic mass is 32.2. The van der Waals surface area contributed by atoms with Crippen LogP contribution < -0.4 is 0 Å². The van der Waals surface area contributed by atoms with E-state index in [1.165, 1.54) is 5.56 Å². The summed E-state index contributed by atoms with van der Waals surface area (Å²) < 4.78 is 0. The highest BCUT2D eigenvalue weighted by Gasteiger charge is 2.16. The number of carbonyl (C=O) groups is 1. The zero-order valence-electron chi connectivity index (χ0n) is 8.56. The van der Waals surface area contributed by atoms with Gasteiger partial charge in [0.1, 0.15) is 0 Å². The maximum Gasteiger partial charge on any atom is 0.156 e. The van der Waals surface area contributed by atoms with Gasteiger partial charge in [-0.05, 0) is 24.8 Å². The molecular formula is C13H14OS.